The highest BCUT2D eigenvalue weighted by Crippen LogP contribution is 2.22. The highest BCUT2D eigenvalue weighted by atomic mass is 16.5. The van der Waals surface area contributed by atoms with Crippen molar-refractivity contribution in [3.63, 3.8) is 0 Å². The third kappa shape index (κ3) is 3.15. The van der Waals surface area contributed by atoms with Gasteiger partial charge in [0.05, 0.1) is 12.8 Å². The van der Waals surface area contributed by atoms with Crippen molar-refractivity contribution >= 4 is 11.6 Å². The number of ether oxygens (including phenoxy) is 1. The lowest BCUT2D eigenvalue weighted by Crippen LogP contribution is -2.21. The molecule has 1 aromatic carbocycles. The number of benzene rings is 1. The van der Waals surface area contributed by atoms with Crippen LogP contribution in [-0.2, 0) is 11.2 Å². The molecule has 0 atom stereocenters. The number of nitrogen functional groups attached to an aromatic ring is 1. The van der Waals surface area contributed by atoms with Crippen molar-refractivity contribution in [2.45, 2.75) is 12.8 Å². The van der Waals surface area contributed by atoms with Crippen LogP contribution in [-0.4, -0.2) is 32.0 Å². The first-order valence-electron chi connectivity index (χ1n) is 5.17. The van der Waals surface area contributed by atoms with Gasteiger partial charge in [-0.2, -0.15) is 0 Å². The van der Waals surface area contributed by atoms with Gasteiger partial charge < -0.3 is 15.4 Å². The first-order chi connectivity index (χ1) is 7.54. The van der Waals surface area contributed by atoms with Crippen molar-refractivity contribution in [3.05, 3.63) is 23.8 Å². The summed E-state index contributed by atoms with van der Waals surface area (Å²) in [5.74, 6) is 0.789. The number of nitrogens with two attached hydrogens (primary N) is 1. The van der Waals surface area contributed by atoms with Crippen molar-refractivity contribution < 1.29 is 9.53 Å². The number of nitrogens with zero attached hydrogens (tertiary/aromatic N) is 1. The third-order valence-corrected chi connectivity index (χ3v) is 2.42. The molecule has 1 aromatic rings. The minimum atomic E-state index is 0.120. The zero-order valence-corrected chi connectivity index (χ0v) is 9.99. The quantitative estimate of drug-likeness (QED) is 0.781. The van der Waals surface area contributed by atoms with E-state index in [1.807, 2.05) is 18.2 Å². The Morgan fingerprint density at radius 3 is 2.62 bits per heavy atom. The number of hydrogen-bond donors (Lipinski definition) is 1. The van der Waals surface area contributed by atoms with Gasteiger partial charge in [-0.1, -0.05) is 6.07 Å². The molecule has 0 fully saturated rings. The molecule has 0 bridgehead atoms. The van der Waals surface area contributed by atoms with E-state index in [1.165, 1.54) is 0 Å². The average Bonchev–Trinajstić information content (AvgIpc) is 2.25. The largest absolute Gasteiger partial charge is 0.495 e. The van der Waals surface area contributed by atoms with E-state index in [1.54, 1.807) is 26.1 Å². The molecule has 0 aliphatic carbocycles. The Bertz CT molecular complexity index is 375. The molecule has 1 rings (SSSR count). The molecule has 16 heavy (non-hydrogen) atoms. The lowest BCUT2D eigenvalue weighted by atomic mass is 10.1. The Morgan fingerprint density at radius 2 is 2.12 bits per heavy atom. The highest BCUT2D eigenvalue weighted by molar-refractivity contribution is 5.75. The van der Waals surface area contributed by atoms with Crippen LogP contribution in [0.2, 0.25) is 0 Å². The first-order valence-corrected chi connectivity index (χ1v) is 5.17. The predicted molar refractivity (Wildman–Crippen MR) is 64.4 cm³/mol. The zero-order chi connectivity index (χ0) is 12.1. The molecule has 88 valence electrons. The summed E-state index contributed by atoms with van der Waals surface area (Å²) in [5.41, 5.74) is 7.44. The molecule has 0 unspecified atom stereocenters. The van der Waals surface area contributed by atoms with Crippen molar-refractivity contribution in [1.82, 2.24) is 4.90 Å². The maximum absolute atomic E-state index is 11.4. The van der Waals surface area contributed by atoms with Crippen LogP contribution in [0.3, 0.4) is 0 Å². The molecule has 4 nitrogen and oxygen atoms in total. The van der Waals surface area contributed by atoms with E-state index < -0.39 is 0 Å². The molecule has 0 heterocycles. The Kier molecular flexibility index (Phi) is 4.17. The Morgan fingerprint density at radius 1 is 1.44 bits per heavy atom. The second-order valence-electron chi connectivity index (χ2n) is 3.86. The molecular weight excluding hydrogens is 204 g/mol. The van der Waals surface area contributed by atoms with E-state index in [4.69, 9.17) is 10.5 Å². The molecule has 0 spiro atoms. The number of methoxy groups -OCH3 is 1. The maximum Gasteiger partial charge on any atom is 0.222 e. The first kappa shape index (κ1) is 12.4. The Hall–Kier alpha value is -1.71. The van der Waals surface area contributed by atoms with Gasteiger partial charge >= 0.3 is 0 Å². The van der Waals surface area contributed by atoms with Gasteiger partial charge in [-0.05, 0) is 24.1 Å². The van der Waals surface area contributed by atoms with Crippen LogP contribution < -0.4 is 10.5 Å². The topological polar surface area (TPSA) is 55.6 Å². The molecule has 0 aromatic heterocycles. The summed E-state index contributed by atoms with van der Waals surface area (Å²) in [6.07, 6.45) is 1.20. The molecule has 0 aliphatic heterocycles. The predicted octanol–water partition coefficient (Wildman–Crippen LogP) is 1.30. The third-order valence-electron chi connectivity index (χ3n) is 2.42. The van der Waals surface area contributed by atoms with Crippen LogP contribution >= 0.6 is 0 Å². The standard InChI is InChI=1S/C12H18N2O2/c1-14(2)12(15)7-5-9-4-6-11(16-3)10(13)8-9/h4,6,8H,5,7,13H2,1-3H3. The van der Waals surface area contributed by atoms with Crippen LogP contribution in [0.5, 0.6) is 5.75 Å². The second-order valence-corrected chi connectivity index (χ2v) is 3.86. The summed E-state index contributed by atoms with van der Waals surface area (Å²) >= 11 is 0. The number of amides is 1. The fourth-order valence-electron chi connectivity index (χ4n) is 1.41. The number of rotatable bonds is 4. The molecular formula is C12H18N2O2. The summed E-state index contributed by atoms with van der Waals surface area (Å²) in [6.45, 7) is 0. The second kappa shape index (κ2) is 5.39. The zero-order valence-electron chi connectivity index (χ0n) is 9.99. The van der Waals surface area contributed by atoms with E-state index in [0.717, 1.165) is 5.56 Å². The molecule has 0 saturated carbocycles. The van der Waals surface area contributed by atoms with Crippen LogP contribution in [0.15, 0.2) is 18.2 Å². The Balaban J connectivity index is 2.62. The minimum Gasteiger partial charge on any atom is -0.495 e. The van der Waals surface area contributed by atoms with Gasteiger partial charge in [0.2, 0.25) is 5.91 Å². The molecule has 0 saturated heterocycles. The number of anilines is 1. The van der Waals surface area contributed by atoms with E-state index in [-0.39, 0.29) is 5.91 Å². The van der Waals surface area contributed by atoms with Crippen molar-refractivity contribution in [1.29, 1.82) is 0 Å². The average molecular weight is 222 g/mol. The highest BCUT2D eigenvalue weighted by Gasteiger charge is 2.05. The van der Waals surface area contributed by atoms with Gasteiger partial charge in [0, 0.05) is 20.5 Å². The lowest BCUT2D eigenvalue weighted by Gasteiger charge is -2.10. The summed E-state index contributed by atoms with van der Waals surface area (Å²) in [6, 6.07) is 5.60. The van der Waals surface area contributed by atoms with Gasteiger partial charge in [-0.15, -0.1) is 0 Å². The molecule has 2 N–H and O–H groups in total. The van der Waals surface area contributed by atoms with Gasteiger partial charge in [-0.25, -0.2) is 0 Å². The van der Waals surface area contributed by atoms with Gasteiger partial charge in [0.15, 0.2) is 0 Å². The van der Waals surface area contributed by atoms with E-state index in [2.05, 4.69) is 0 Å². The number of aryl methyl sites for hydroxylation is 1. The van der Waals surface area contributed by atoms with Crippen LogP contribution in [0.1, 0.15) is 12.0 Å². The number of hydrogen-bond acceptors (Lipinski definition) is 3. The van der Waals surface area contributed by atoms with Gasteiger partial charge in [0.1, 0.15) is 5.75 Å². The van der Waals surface area contributed by atoms with Gasteiger partial charge in [-0.3, -0.25) is 4.79 Å². The van der Waals surface area contributed by atoms with Crippen molar-refractivity contribution in [2.75, 3.05) is 26.9 Å². The monoisotopic (exact) mass is 222 g/mol. The summed E-state index contributed by atoms with van der Waals surface area (Å²) < 4.78 is 5.06. The van der Waals surface area contributed by atoms with Crippen LogP contribution in [0.25, 0.3) is 0 Å². The number of carbonyl (C=O) groups is 1. The molecule has 1 amide bonds. The van der Waals surface area contributed by atoms with Crippen molar-refractivity contribution in [3.8, 4) is 5.75 Å². The SMILES string of the molecule is COc1ccc(CCC(=O)N(C)C)cc1N. The molecule has 4 heteroatoms. The minimum absolute atomic E-state index is 0.120. The summed E-state index contributed by atoms with van der Waals surface area (Å²) in [5, 5.41) is 0. The maximum atomic E-state index is 11.4. The summed E-state index contributed by atoms with van der Waals surface area (Å²) in [7, 11) is 5.09. The fourth-order valence-corrected chi connectivity index (χ4v) is 1.41. The van der Waals surface area contributed by atoms with Crippen LogP contribution in [0, 0.1) is 0 Å². The molecule has 0 radical (unpaired) electrons. The smallest absolute Gasteiger partial charge is 0.222 e. The van der Waals surface area contributed by atoms with Crippen LogP contribution in [0.4, 0.5) is 5.69 Å². The fraction of sp³-hybridized carbons (Fsp3) is 0.417. The number of carbonyl (C=O) groups excluding carboxylic acids is 1. The normalized spacial score (nSPS) is 9.94. The van der Waals surface area contributed by atoms with Crippen molar-refractivity contribution in [2.24, 2.45) is 0 Å². The molecule has 0 aliphatic rings. The Labute approximate surface area is 96.0 Å². The lowest BCUT2D eigenvalue weighted by molar-refractivity contribution is -0.128. The van der Waals surface area contributed by atoms with E-state index in [0.29, 0.717) is 24.3 Å². The van der Waals surface area contributed by atoms with E-state index in [9.17, 15) is 4.79 Å². The summed E-state index contributed by atoms with van der Waals surface area (Å²) in [4.78, 5) is 13.0. The van der Waals surface area contributed by atoms with E-state index >= 15 is 0 Å². The van der Waals surface area contributed by atoms with Gasteiger partial charge in [0.25, 0.3) is 0 Å².